The van der Waals surface area contributed by atoms with E-state index in [2.05, 4.69) is 0 Å². The maximum absolute atomic E-state index is 12.2. The highest BCUT2D eigenvalue weighted by Crippen LogP contribution is 2.17. The maximum atomic E-state index is 12.2. The molecule has 0 atom stereocenters. The number of carbonyl (C=O) groups excluding carboxylic acids is 1. The van der Waals surface area contributed by atoms with Gasteiger partial charge >= 0.3 is 5.97 Å². The van der Waals surface area contributed by atoms with Crippen molar-refractivity contribution in [3.63, 3.8) is 0 Å². The Bertz CT molecular complexity index is 848. The van der Waals surface area contributed by atoms with Crippen molar-refractivity contribution in [3.8, 4) is 5.75 Å². The van der Waals surface area contributed by atoms with E-state index in [1.54, 1.807) is 7.11 Å². The van der Waals surface area contributed by atoms with Crippen LogP contribution in [0, 0.1) is 0 Å². The fourth-order valence-electron chi connectivity index (χ4n) is 2.17. The minimum Gasteiger partial charge on any atom is -0.497 e. The molecule has 0 N–H and O–H groups in total. The van der Waals surface area contributed by atoms with Crippen LogP contribution in [0.4, 0.5) is 0 Å². The Morgan fingerprint density at radius 2 is 1.77 bits per heavy atom. The zero-order valence-corrected chi connectivity index (χ0v) is 15.7. The van der Waals surface area contributed by atoms with Crippen molar-refractivity contribution in [2.45, 2.75) is 11.3 Å². The van der Waals surface area contributed by atoms with Crippen molar-refractivity contribution in [2.75, 3.05) is 27.9 Å². The van der Waals surface area contributed by atoms with Gasteiger partial charge in [-0.3, -0.25) is 4.84 Å². The van der Waals surface area contributed by atoms with Gasteiger partial charge in [-0.2, -0.15) is 0 Å². The second-order valence-electron chi connectivity index (χ2n) is 5.36. The summed E-state index contributed by atoms with van der Waals surface area (Å²) in [5.41, 5.74) is 1.15. The average Bonchev–Trinajstić information content (AvgIpc) is 2.67. The van der Waals surface area contributed by atoms with Crippen LogP contribution in [0.25, 0.3) is 0 Å². The lowest BCUT2D eigenvalue weighted by atomic mass is 10.1. The second kappa shape index (κ2) is 8.79. The molecule has 0 bridgehead atoms. The first-order valence-electron chi connectivity index (χ1n) is 7.81. The Balaban J connectivity index is 2.00. The molecule has 0 radical (unpaired) electrons. The van der Waals surface area contributed by atoms with Crippen LogP contribution in [0.5, 0.6) is 5.75 Å². The monoisotopic (exact) mass is 379 g/mol. The standard InChI is InChI=1S/C18H21NO6S/c1-19(24-3)26(21,22)17-6-4-5-15(13-17)18(20)25-12-11-14-7-9-16(23-2)10-8-14/h4-10,13H,11-12H2,1-3H3. The summed E-state index contributed by atoms with van der Waals surface area (Å²) in [5, 5.41) is 0. The van der Waals surface area contributed by atoms with Crippen molar-refractivity contribution in [1.82, 2.24) is 4.47 Å². The Kier molecular flexibility index (Phi) is 6.73. The lowest BCUT2D eigenvalue weighted by Gasteiger charge is -2.14. The Labute approximate surface area is 153 Å². The van der Waals surface area contributed by atoms with Crippen LogP contribution in [-0.2, 0) is 26.0 Å². The molecule has 0 heterocycles. The van der Waals surface area contributed by atoms with E-state index in [0.717, 1.165) is 15.8 Å². The largest absolute Gasteiger partial charge is 0.497 e. The van der Waals surface area contributed by atoms with Crippen LogP contribution >= 0.6 is 0 Å². The minimum atomic E-state index is -3.82. The van der Waals surface area contributed by atoms with Crippen LogP contribution in [-0.4, -0.2) is 46.7 Å². The predicted octanol–water partition coefficient (Wildman–Crippen LogP) is 2.28. The number of hydrogen-bond donors (Lipinski definition) is 0. The average molecular weight is 379 g/mol. The molecule has 0 unspecified atom stereocenters. The summed E-state index contributed by atoms with van der Waals surface area (Å²) < 4.78 is 35.5. The highest BCUT2D eigenvalue weighted by Gasteiger charge is 2.22. The van der Waals surface area contributed by atoms with Crippen LogP contribution in [0.3, 0.4) is 0 Å². The quantitative estimate of drug-likeness (QED) is 0.517. The normalized spacial score (nSPS) is 11.4. The molecule has 7 nitrogen and oxygen atoms in total. The van der Waals surface area contributed by atoms with Crippen molar-refractivity contribution >= 4 is 16.0 Å². The van der Waals surface area contributed by atoms with Crippen LogP contribution in [0.1, 0.15) is 15.9 Å². The third kappa shape index (κ3) is 4.81. The summed E-state index contributed by atoms with van der Waals surface area (Å²) in [4.78, 5) is 16.8. The zero-order chi connectivity index (χ0) is 19.2. The zero-order valence-electron chi connectivity index (χ0n) is 14.8. The summed E-state index contributed by atoms with van der Waals surface area (Å²) in [5.74, 6) is 0.167. The van der Waals surface area contributed by atoms with E-state index in [1.807, 2.05) is 24.3 Å². The van der Waals surface area contributed by atoms with Gasteiger partial charge in [0.2, 0.25) is 0 Å². The maximum Gasteiger partial charge on any atom is 0.338 e. The number of esters is 1. The van der Waals surface area contributed by atoms with Gasteiger partial charge in [-0.15, -0.1) is 0 Å². The first kappa shape index (κ1) is 19.9. The number of benzene rings is 2. The molecule has 0 aliphatic carbocycles. The summed E-state index contributed by atoms with van der Waals surface area (Å²) >= 11 is 0. The van der Waals surface area contributed by atoms with Crippen molar-refractivity contribution in [3.05, 3.63) is 59.7 Å². The molecule has 0 fully saturated rings. The molecule has 0 spiro atoms. The number of hydrogen-bond acceptors (Lipinski definition) is 6. The van der Waals surface area contributed by atoms with E-state index in [9.17, 15) is 13.2 Å². The van der Waals surface area contributed by atoms with Gasteiger partial charge < -0.3 is 9.47 Å². The smallest absolute Gasteiger partial charge is 0.338 e. The Morgan fingerprint density at radius 1 is 1.08 bits per heavy atom. The minimum absolute atomic E-state index is 0.0496. The lowest BCUT2D eigenvalue weighted by Crippen LogP contribution is -2.26. The first-order valence-corrected chi connectivity index (χ1v) is 9.25. The SMILES string of the molecule is COc1ccc(CCOC(=O)c2cccc(S(=O)(=O)N(C)OC)c2)cc1. The molecule has 140 valence electrons. The third-order valence-corrected chi connectivity index (χ3v) is 5.42. The van der Waals surface area contributed by atoms with Gasteiger partial charge in [0.05, 0.1) is 31.3 Å². The molecule has 0 saturated carbocycles. The van der Waals surface area contributed by atoms with Gasteiger partial charge in [0.25, 0.3) is 10.0 Å². The number of sulfonamides is 1. The Morgan fingerprint density at radius 3 is 2.38 bits per heavy atom. The highest BCUT2D eigenvalue weighted by molar-refractivity contribution is 7.89. The molecular formula is C18H21NO6S. The molecular weight excluding hydrogens is 358 g/mol. The van der Waals surface area contributed by atoms with E-state index < -0.39 is 16.0 Å². The van der Waals surface area contributed by atoms with E-state index in [4.69, 9.17) is 14.3 Å². The van der Waals surface area contributed by atoms with Gasteiger partial charge in [-0.25, -0.2) is 13.2 Å². The molecule has 0 aliphatic heterocycles. The predicted molar refractivity (Wildman–Crippen MR) is 95.4 cm³/mol. The summed E-state index contributed by atoms with van der Waals surface area (Å²) in [7, 11) is 0.287. The fourth-order valence-corrected chi connectivity index (χ4v) is 3.19. The second-order valence-corrected chi connectivity index (χ2v) is 7.29. The number of rotatable bonds is 8. The molecule has 0 saturated heterocycles. The van der Waals surface area contributed by atoms with E-state index >= 15 is 0 Å². The Hall–Kier alpha value is -2.42. The molecule has 0 aromatic heterocycles. The van der Waals surface area contributed by atoms with Gasteiger partial charge in [-0.1, -0.05) is 22.7 Å². The highest BCUT2D eigenvalue weighted by atomic mass is 32.2. The van der Waals surface area contributed by atoms with E-state index in [-0.39, 0.29) is 17.1 Å². The van der Waals surface area contributed by atoms with E-state index in [0.29, 0.717) is 6.42 Å². The number of methoxy groups -OCH3 is 1. The molecule has 0 aliphatic rings. The van der Waals surface area contributed by atoms with Gasteiger partial charge in [0, 0.05) is 13.5 Å². The topological polar surface area (TPSA) is 82.1 Å². The van der Waals surface area contributed by atoms with Gasteiger partial charge in [0.1, 0.15) is 5.75 Å². The van der Waals surface area contributed by atoms with Crippen LogP contribution < -0.4 is 4.74 Å². The number of carbonyl (C=O) groups is 1. The molecule has 26 heavy (non-hydrogen) atoms. The molecule has 2 rings (SSSR count). The van der Waals surface area contributed by atoms with Crippen LogP contribution in [0.15, 0.2) is 53.4 Å². The summed E-state index contributed by atoms with van der Waals surface area (Å²) in [6.07, 6.45) is 0.542. The van der Waals surface area contributed by atoms with Crippen molar-refractivity contribution in [2.24, 2.45) is 0 Å². The van der Waals surface area contributed by atoms with Gasteiger partial charge in [0.15, 0.2) is 0 Å². The van der Waals surface area contributed by atoms with E-state index in [1.165, 1.54) is 38.4 Å². The molecule has 2 aromatic rings. The molecule has 8 heteroatoms. The summed E-state index contributed by atoms with van der Waals surface area (Å²) in [6.45, 7) is 0.181. The molecule has 2 aromatic carbocycles. The lowest BCUT2D eigenvalue weighted by molar-refractivity contribution is -0.0258. The number of nitrogens with zero attached hydrogens (tertiary/aromatic N) is 1. The molecule has 0 amide bonds. The van der Waals surface area contributed by atoms with Crippen LogP contribution in [0.2, 0.25) is 0 Å². The van der Waals surface area contributed by atoms with Crippen molar-refractivity contribution in [1.29, 1.82) is 0 Å². The number of ether oxygens (including phenoxy) is 2. The summed E-state index contributed by atoms with van der Waals surface area (Å²) in [6, 6.07) is 13.1. The number of hydroxylamine groups is 1. The third-order valence-electron chi connectivity index (χ3n) is 3.75. The van der Waals surface area contributed by atoms with Crippen molar-refractivity contribution < 1.29 is 27.5 Å². The fraction of sp³-hybridized carbons (Fsp3) is 0.278. The van der Waals surface area contributed by atoms with Gasteiger partial charge in [-0.05, 0) is 35.9 Å². The first-order chi connectivity index (χ1) is 12.4.